The van der Waals surface area contributed by atoms with Crippen molar-refractivity contribution in [2.75, 3.05) is 5.32 Å². The minimum Gasteiger partial charge on any atom is -0.336 e. The third kappa shape index (κ3) is 1.74. The van der Waals surface area contributed by atoms with E-state index in [1.165, 1.54) is 12.5 Å². The molecule has 0 saturated heterocycles. The second kappa shape index (κ2) is 3.65. The Morgan fingerprint density at radius 1 is 1.29 bits per heavy atom. The molecule has 0 saturated carbocycles. The minimum absolute atomic E-state index is 0.286. The zero-order valence-electron chi connectivity index (χ0n) is 7.14. The van der Waals surface area contributed by atoms with Gasteiger partial charge in [0.25, 0.3) is 5.56 Å². The number of nitrogens with zero attached hydrogens (tertiary/aromatic N) is 3. The fourth-order valence-electron chi connectivity index (χ4n) is 0.945. The molecule has 0 aromatic carbocycles. The molecule has 0 atom stereocenters. The van der Waals surface area contributed by atoms with Gasteiger partial charge < -0.3 is 5.32 Å². The zero-order chi connectivity index (χ0) is 9.80. The van der Waals surface area contributed by atoms with Crippen molar-refractivity contribution in [1.82, 2.24) is 20.2 Å². The van der Waals surface area contributed by atoms with E-state index in [1.54, 1.807) is 18.3 Å². The van der Waals surface area contributed by atoms with Crippen LogP contribution in [0.15, 0.2) is 35.6 Å². The molecule has 6 heteroatoms. The van der Waals surface area contributed by atoms with Gasteiger partial charge in [0.05, 0.1) is 0 Å². The lowest BCUT2D eigenvalue weighted by atomic mass is 10.4. The van der Waals surface area contributed by atoms with Crippen LogP contribution in [0.3, 0.4) is 0 Å². The van der Waals surface area contributed by atoms with E-state index in [0.29, 0.717) is 11.5 Å². The first-order chi connectivity index (χ1) is 6.86. The molecular weight excluding hydrogens is 182 g/mol. The maximum absolute atomic E-state index is 11.2. The molecule has 0 fully saturated rings. The van der Waals surface area contributed by atoms with Gasteiger partial charge in [-0.3, -0.25) is 4.79 Å². The third-order valence-corrected chi connectivity index (χ3v) is 1.57. The van der Waals surface area contributed by atoms with Crippen LogP contribution >= 0.6 is 0 Å². The number of hydrogen-bond donors (Lipinski definition) is 2. The van der Waals surface area contributed by atoms with Crippen LogP contribution in [-0.4, -0.2) is 20.2 Å². The summed E-state index contributed by atoms with van der Waals surface area (Å²) in [7, 11) is 0. The monoisotopic (exact) mass is 189 g/mol. The summed E-state index contributed by atoms with van der Waals surface area (Å²) in [6, 6.07) is 3.24. The predicted molar refractivity (Wildman–Crippen MR) is 50.2 cm³/mol. The molecule has 70 valence electrons. The molecule has 0 amide bonds. The van der Waals surface area contributed by atoms with Crippen molar-refractivity contribution in [3.05, 3.63) is 41.2 Å². The van der Waals surface area contributed by atoms with Gasteiger partial charge in [-0.1, -0.05) is 0 Å². The summed E-state index contributed by atoms with van der Waals surface area (Å²) in [5.41, 5.74) is 0.116. The van der Waals surface area contributed by atoms with E-state index in [4.69, 9.17) is 0 Å². The molecule has 2 aromatic heterocycles. The van der Waals surface area contributed by atoms with Crippen molar-refractivity contribution in [3.63, 3.8) is 0 Å². The van der Waals surface area contributed by atoms with Crippen LogP contribution in [0.2, 0.25) is 0 Å². The van der Waals surface area contributed by atoms with Crippen molar-refractivity contribution < 1.29 is 0 Å². The van der Waals surface area contributed by atoms with E-state index < -0.39 is 0 Å². The Balaban J connectivity index is 2.28. The molecule has 2 N–H and O–H groups in total. The van der Waals surface area contributed by atoms with E-state index in [1.807, 2.05) is 0 Å². The minimum atomic E-state index is -0.286. The maximum Gasteiger partial charge on any atom is 0.287 e. The van der Waals surface area contributed by atoms with Gasteiger partial charge >= 0.3 is 0 Å². The molecule has 6 nitrogen and oxygen atoms in total. The Bertz CT molecular complexity index is 466. The maximum atomic E-state index is 11.2. The highest BCUT2D eigenvalue weighted by Crippen LogP contribution is 2.05. The van der Waals surface area contributed by atoms with Gasteiger partial charge in [0.2, 0.25) is 0 Å². The third-order valence-electron chi connectivity index (χ3n) is 1.57. The van der Waals surface area contributed by atoms with Crippen LogP contribution in [-0.2, 0) is 0 Å². The van der Waals surface area contributed by atoms with Gasteiger partial charge in [0.1, 0.15) is 17.8 Å². The first-order valence-corrected chi connectivity index (χ1v) is 3.93. The summed E-state index contributed by atoms with van der Waals surface area (Å²) >= 11 is 0. The number of anilines is 2. The lowest BCUT2D eigenvalue weighted by Crippen LogP contribution is -2.12. The van der Waals surface area contributed by atoms with E-state index in [2.05, 4.69) is 25.5 Å². The fraction of sp³-hybridized carbons (Fsp3) is 0. The first kappa shape index (κ1) is 8.36. The first-order valence-electron chi connectivity index (χ1n) is 3.93. The summed E-state index contributed by atoms with van der Waals surface area (Å²) in [6.07, 6.45) is 4.48. The van der Waals surface area contributed by atoms with Gasteiger partial charge in [-0.2, -0.15) is 5.10 Å². The second-order valence-electron chi connectivity index (χ2n) is 2.52. The number of hydrogen-bond acceptors (Lipinski definition) is 5. The van der Waals surface area contributed by atoms with E-state index >= 15 is 0 Å². The Morgan fingerprint density at radius 3 is 2.93 bits per heavy atom. The normalized spacial score (nSPS) is 9.71. The van der Waals surface area contributed by atoms with Crippen molar-refractivity contribution in [2.45, 2.75) is 0 Å². The summed E-state index contributed by atoms with van der Waals surface area (Å²) in [4.78, 5) is 18.9. The summed E-state index contributed by atoms with van der Waals surface area (Å²) in [6.45, 7) is 0. The van der Waals surface area contributed by atoms with Crippen LogP contribution in [0.25, 0.3) is 0 Å². The van der Waals surface area contributed by atoms with Crippen molar-refractivity contribution in [3.8, 4) is 0 Å². The molecule has 0 radical (unpaired) electrons. The lowest BCUT2D eigenvalue weighted by molar-refractivity contribution is 0.989. The van der Waals surface area contributed by atoms with Crippen molar-refractivity contribution in [1.29, 1.82) is 0 Å². The predicted octanol–water partition coefficient (Wildman–Crippen LogP) is 0.303. The summed E-state index contributed by atoms with van der Waals surface area (Å²) in [5.74, 6) is 0.566. The van der Waals surface area contributed by atoms with Crippen LogP contribution in [0.1, 0.15) is 0 Å². The summed E-state index contributed by atoms with van der Waals surface area (Å²) < 4.78 is 0. The standard InChI is InChI=1S/C8H7N5O/c14-8-6(1-4-11-13-8)12-7-2-3-9-5-10-7/h1-5H,(H,13,14)(H,9,10,11,12). The highest BCUT2D eigenvalue weighted by Gasteiger charge is 1.98. The number of nitrogens with one attached hydrogen (secondary N) is 2. The van der Waals surface area contributed by atoms with Gasteiger partial charge in [0, 0.05) is 12.4 Å². The van der Waals surface area contributed by atoms with E-state index in [0.717, 1.165) is 0 Å². The molecule has 0 unspecified atom stereocenters. The van der Waals surface area contributed by atoms with Crippen LogP contribution in [0.5, 0.6) is 0 Å². The molecule has 0 bridgehead atoms. The van der Waals surface area contributed by atoms with Crippen LogP contribution in [0.4, 0.5) is 11.5 Å². The highest BCUT2D eigenvalue weighted by molar-refractivity contribution is 5.53. The molecule has 2 heterocycles. The molecule has 2 aromatic rings. The smallest absolute Gasteiger partial charge is 0.287 e. The Hall–Kier alpha value is -2.24. The molecule has 2 rings (SSSR count). The summed E-state index contributed by atoms with van der Waals surface area (Å²) in [5, 5.41) is 8.72. The van der Waals surface area contributed by atoms with E-state index in [9.17, 15) is 4.79 Å². The molecule has 0 aliphatic heterocycles. The number of aromatic nitrogens is 4. The Kier molecular flexibility index (Phi) is 2.18. The topological polar surface area (TPSA) is 83.6 Å². The van der Waals surface area contributed by atoms with Gasteiger partial charge in [0.15, 0.2) is 0 Å². The van der Waals surface area contributed by atoms with Gasteiger partial charge in [-0.05, 0) is 12.1 Å². The number of H-pyrrole nitrogens is 1. The van der Waals surface area contributed by atoms with Crippen molar-refractivity contribution >= 4 is 11.5 Å². The van der Waals surface area contributed by atoms with Gasteiger partial charge in [-0.15, -0.1) is 0 Å². The van der Waals surface area contributed by atoms with Crippen LogP contribution in [0, 0.1) is 0 Å². The molecule has 0 spiro atoms. The van der Waals surface area contributed by atoms with Crippen molar-refractivity contribution in [2.24, 2.45) is 0 Å². The lowest BCUT2D eigenvalue weighted by Gasteiger charge is -2.01. The van der Waals surface area contributed by atoms with Gasteiger partial charge in [-0.25, -0.2) is 15.1 Å². The number of rotatable bonds is 2. The largest absolute Gasteiger partial charge is 0.336 e. The average Bonchev–Trinajstić information content (AvgIpc) is 2.23. The Labute approximate surface area is 79.0 Å². The second-order valence-corrected chi connectivity index (χ2v) is 2.52. The molecule has 0 aliphatic carbocycles. The zero-order valence-corrected chi connectivity index (χ0v) is 7.14. The number of aromatic amines is 1. The van der Waals surface area contributed by atoms with Crippen LogP contribution < -0.4 is 10.9 Å². The molecule has 0 aliphatic rings. The molecule has 14 heavy (non-hydrogen) atoms. The Morgan fingerprint density at radius 2 is 2.21 bits per heavy atom. The quantitative estimate of drug-likeness (QED) is 0.710. The van der Waals surface area contributed by atoms with E-state index in [-0.39, 0.29) is 5.56 Å². The fourth-order valence-corrected chi connectivity index (χ4v) is 0.945. The SMILES string of the molecule is O=c1[nH]nccc1Nc1ccncn1. The molecular formula is C8H7N5O. The highest BCUT2D eigenvalue weighted by atomic mass is 16.1. The average molecular weight is 189 g/mol.